The van der Waals surface area contributed by atoms with Gasteiger partial charge in [0, 0.05) is 11.6 Å². The molecule has 1 heterocycles. The van der Waals surface area contributed by atoms with E-state index in [2.05, 4.69) is 20.3 Å². The Balaban J connectivity index is 1.68. The van der Waals surface area contributed by atoms with Crippen LogP contribution in [0, 0.1) is 11.3 Å². The van der Waals surface area contributed by atoms with Crippen LogP contribution in [0.15, 0.2) is 60.7 Å². The minimum atomic E-state index is -0.231. The summed E-state index contributed by atoms with van der Waals surface area (Å²) in [5.41, 5.74) is 4.22. The van der Waals surface area contributed by atoms with Crippen LogP contribution in [-0.4, -0.2) is 17.6 Å². The molecule has 3 aromatic rings. The molecule has 1 unspecified atom stereocenters. The number of ether oxygens (including phenoxy) is 2. The highest BCUT2D eigenvalue weighted by molar-refractivity contribution is 7.27. The highest BCUT2D eigenvalue weighted by Crippen LogP contribution is 2.21. The minimum Gasteiger partial charge on any atom is -0.473 e. The number of esters is 1. The van der Waals surface area contributed by atoms with Gasteiger partial charge in [-0.05, 0) is 41.6 Å². The van der Waals surface area contributed by atoms with Gasteiger partial charge in [-0.3, -0.25) is 4.79 Å². The summed E-state index contributed by atoms with van der Waals surface area (Å²) in [6.07, 6.45) is 0.257. The van der Waals surface area contributed by atoms with E-state index in [0.29, 0.717) is 24.7 Å². The molecule has 1 aromatic heterocycles. The fourth-order valence-electron chi connectivity index (χ4n) is 2.78. The van der Waals surface area contributed by atoms with Crippen molar-refractivity contribution in [1.29, 1.82) is 5.26 Å². The maximum Gasteiger partial charge on any atom is 0.310 e. The van der Waals surface area contributed by atoms with Crippen LogP contribution in [-0.2, 0) is 22.6 Å². The molecule has 0 radical (unpaired) electrons. The van der Waals surface area contributed by atoms with Gasteiger partial charge in [-0.15, -0.1) is 9.24 Å². The molecule has 5 nitrogen and oxygen atoms in total. The largest absolute Gasteiger partial charge is 0.473 e. The molecule has 0 spiro atoms. The Hall–Kier alpha value is -3.22. The smallest absolute Gasteiger partial charge is 0.310 e. The molecule has 0 saturated carbocycles. The molecule has 29 heavy (non-hydrogen) atoms. The van der Waals surface area contributed by atoms with Crippen LogP contribution >= 0.6 is 9.24 Å². The summed E-state index contributed by atoms with van der Waals surface area (Å²) in [5, 5.41) is 9.89. The molecule has 0 bridgehead atoms. The van der Waals surface area contributed by atoms with E-state index < -0.39 is 0 Å². The molecular weight excluding hydrogens is 383 g/mol. The molecule has 0 N–H and O–H groups in total. The molecule has 2 aromatic carbocycles. The normalized spacial score (nSPS) is 10.2. The van der Waals surface area contributed by atoms with Crippen LogP contribution in [0.25, 0.3) is 11.3 Å². The van der Waals surface area contributed by atoms with E-state index >= 15 is 0 Å². The fraction of sp³-hybridized carbons (Fsp3) is 0.174. The van der Waals surface area contributed by atoms with E-state index in [-0.39, 0.29) is 12.4 Å². The number of hydrogen-bond acceptors (Lipinski definition) is 5. The number of nitrogens with zero attached hydrogens (tertiary/aromatic N) is 2. The Kier molecular flexibility index (Phi) is 6.94. The van der Waals surface area contributed by atoms with Gasteiger partial charge in [-0.1, -0.05) is 36.4 Å². The molecule has 0 fully saturated rings. The van der Waals surface area contributed by atoms with Gasteiger partial charge < -0.3 is 9.47 Å². The zero-order chi connectivity index (χ0) is 20.6. The predicted octanol–water partition coefficient (Wildman–Crippen LogP) is 3.81. The van der Waals surface area contributed by atoms with Crippen molar-refractivity contribution < 1.29 is 14.3 Å². The van der Waals surface area contributed by atoms with Gasteiger partial charge in [-0.25, -0.2) is 4.98 Å². The summed E-state index contributed by atoms with van der Waals surface area (Å²) in [6, 6.07) is 20.9. The summed E-state index contributed by atoms with van der Waals surface area (Å²) in [5.74, 6) is 0.289. The van der Waals surface area contributed by atoms with Crippen molar-refractivity contribution in [3.63, 3.8) is 0 Å². The molecule has 0 aliphatic carbocycles. The second-order valence-corrected chi connectivity index (χ2v) is 6.98. The number of pyridine rings is 1. The summed E-state index contributed by atoms with van der Waals surface area (Å²) < 4.78 is 10.8. The van der Waals surface area contributed by atoms with Gasteiger partial charge in [-0.2, -0.15) is 5.26 Å². The Morgan fingerprint density at radius 3 is 2.62 bits per heavy atom. The molecule has 1 atom stereocenters. The summed E-state index contributed by atoms with van der Waals surface area (Å²) in [6.45, 7) is 2.54. The van der Waals surface area contributed by atoms with E-state index in [1.807, 2.05) is 54.6 Å². The molecule has 0 amide bonds. The number of nitriles is 1. The van der Waals surface area contributed by atoms with Gasteiger partial charge >= 0.3 is 5.97 Å². The maximum atomic E-state index is 11.6. The van der Waals surface area contributed by atoms with E-state index in [0.717, 1.165) is 27.7 Å². The second-order valence-electron chi connectivity index (χ2n) is 6.35. The third-order valence-electron chi connectivity index (χ3n) is 4.28. The molecule has 146 valence electrons. The number of hydrogen-bond donors (Lipinski definition) is 0. The molecule has 0 saturated heterocycles. The van der Waals surface area contributed by atoms with E-state index in [1.54, 1.807) is 13.0 Å². The number of rotatable bonds is 7. The van der Waals surface area contributed by atoms with Crippen molar-refractivity contribution in [1.82, 2.24) is 4.98 Å². The third kappa shape index (κ3) is 5.63. The van der Waals surface area contributed by atoms with Gasteiger partial charge in [0.05, 0.1) is 30.4 Å². The first-order valence-corrected chi connectivity index (χ1v) is 9.80. The van der Waals surface area contributed by atoms with Crippen molar-refractivity contribution in [3.05, 3.63) is 77.4 Å². The van der Waals surface area contributed by atoms with Crippen molar-refractivity contribution in [3.8, 4) is 23.2 Å². The number of aromatic nitrogens is 1. The van der Waals surface area contributed by atoms with E-state index in [4.69, 9.17) is 14.7 Å². The standard InChI is InChI=1S/C23H21N2O3P/c1-2-27-23(26)13-16-6-9-18(10-7-16)20-4-3-5-22(25-20)28-15-19-11-8-17(14-24)12-21(19)29/h3-12H,2,13,15,29H2,1H3. The van der Waals surface area contributed by atoms with E-state index in [1.165, 1.54) is 0 Å². The minimum absolute atomic E-state index is 0.231. The van der Waals surface area contributed by atoms with E-state index in [9.17, 15) is 4.79 Å². The first-order chi connectivity index (χ1) is 14.1. The average molecular weight is 404 g/mol. The summed E-state index contributed by atoms with van der Waals surface area (Å²) >= 11 is 0. The molecule has 0 aliphatic rings. The van der Waals surface area contributed by atoms with Crippen LogP contribution in [0.1, 0.15) is 23.6 Å². The van der Waals surface area contributed by atoms with Crippen LogP contribution in [0.5, 0.6) is 5.88 Å². The SMILES string of the molecule is CCOC(=O)Cc1ccc(-c2cccc(OCc3ccc(C#N)cc3P)n2)cc1. The Bertz CT molecular complexity index is 1040. The van der Waals surface area contributed by atoms with Gasteiger partial charge in [0.15, 0.2) is 0 Å². The molecule has 3 rings (SSSR count). The monoisotopic (exact) mass is 404 g/mol. The fourth-order valence-corrected chi connectivity index (χ4v) is 3.13. The first-order valence-electron chi connectivity index (χ1n) is 9.22. The lowest BCUT2D eigenvalue weighted by atomic mass is 10.1. The van der Waals surface area contributed by atoms with Crippen LogP contribution in [0.2, 0.25) is 0 Å². The van der Waals surface area contributed by atoms with Crippen molar-refractivity contribution in [2.45, 2.75) is 20.0 Å². The Morgan fingerprint density at radius 1 is 1.14 bits per heavy atom. The zero-order valence-electron chi connectivity index (χ0n) is 16.1. The first kappa shape index (κ1) is 20.5. The highest BCUT2D eigenvalue weighted by Gasteiger charge is 2.07. The lowest BCUT2D eigenvalue weighted by Crippen LogP contribution is -2.07. The third-order valence-corrected chi connectivity index (χ3v) is 4.82. The number of benzene rings is 2. The van der Waals surface area contributed by atoms with Crippen LogP contribution in [0.4, 0.5) is 0 Å². The molecule has 6 heteroatoms. The van der Waals surface area contributed by atoms with Crippen LogP contribution in [0.3, 0.4) is 0 Å². The zero-order valence-corrected chi connectivity index (χ0v) is 17.2. The quantitative estimate of drug-likeness (QED) is 0.442. The lowest BCUT2D eigenvalue weighted by Gasteiger charge is -2.10. The highest BCUT2D eigenvalue weighted by atomic mass is 31.0. The van der Waals surface area contributed by atoms with Crippen molar-refractivity contribution in [2.24, 2.45) is 0 Å². The maximum absolute atomic E-state index is 11.6. The Labute approximate surface area is 172 Å². The van der Waals surface area contributed by atoms with Gasteiger partial charge in [0.25, 0.3) is 0 Å². The predicted molar refractivity (Wildman–Crippen MR) is 115 cm³/mol. The van der Waals surface area contributed by atoms with Gasteiger partial charge in [0.2, 0.25) is 5.88 Å². The summed E-state index contributed by atoms with van der Waals surface area (Å²) in [4.78, 5) is 16.2. The molecular formula is C23H21N2O3P. The number of carbonyl (C=O) groups excluding carboxylic acids is 1. The average Bonchev–Trinajstić information content (AvgIpc) is 2.73. The lowest BCUT2D eigenvalue weighted by molar-refractivity contribution is -0.142. The molecule has 0 aliphatic heterocycles. The van der Waals surface area contributed by atoms with Gasteiger partial charge in [0.1, 0.15) is 6.61 Å². The topological polar surface area (TPSA) is 72.2 Å². The second kappa shape index (κ2) is 9.82. The Morgan fingerprint density at radius 2 is 1.93 bits per heavy atom. The van der Waals surface area contributed by atoms with Crippen molar-refractivity contribution in [2.75, 3.05) is 6.61 Å². The summed E-state index contributed by atoms with van der Waals surface area (Å²) in [7, 11) is 2.63. The van der Waals surface area contributed by atoms with Crippen LogP contribution < -0.4 is 10.0 Å². The number of carbonyl (C=O) groups is 1. The van der Waals surface area contributed by atoms with Crippen molar-refractivity contribution >= 4 is 20.5 Å².